The van der Waals surface area contributed by atoms with Crippen molar-refractivity contribution in [3.63, 3.8) is 0 Å². The molecule has 3 aromatic rings. The van der Waals surface area contributed by atoms with Crippen LogP contribution < -0.4 is 14.8 Å². The molecule has 0 saturated heterocycles. The molecule has 0 radical (unpaired) electrons. The third kappa shape index (κ3) is 6.17. The quantitative estimate of drug-likeness (QED) is 0.281. The highest BCUT2D eigenvalue weighted by atomic mass is 32.2. The molecule has 0 unspecified atom stereocenters. The van der Waals surface area contributed by atoms with Crippen LogP contribution in [0.5, 0.6) is 11.5 Å². The molecule has 32 heavy (non-hydrogen) atoms. The number of nitro benzene ring substituents is 1. The molecule has 166 valence electrons. The van der Waals surface area contributed by atoms with Crippen molar-refractivity contribution < 1.29 is 19.2 Å². The molecule has 0 aliphatic heterocycles. The van der Waals surface area contributed by atoms with Crippen LogP contribution in [0.25, 0.3) is 11.3 Å². The number of thioether (sulfide) groups is 1. The maximum Gasteiger partial charge on any atom is 0.270 e. The Morgan fingerprint density at radius 1 is 1.06 bits per heavy atom. The van der Waals surface area contributed by atoms with Gasteiger partial charge in [0.15, 0.2) is 11.5 Å². The Hall–Kier alpha value is -3.66. The Bertz CT molecular complexity index is 1090. The van der Waals surface area contributed by atoms with Crippen LogP contribution in [0.1, 0.15) is 5.56 Å². The predicted molar refractivity (Wildman–Crippen MR) is 121 cm³/mol. The molecule has 1 amide bonds. The lowest BCUT2D eigenvalue weighted by Gasteiger charge is -2.10. The number of non-ortho nitro benzene ring substituents is 1. The van der Waals surface area contributed by atoms with E-state index in [0.717, 1.165) is 5.56 Å². The molecule has 1 N–H and O–H groups in total. The number of nitrogens with zero attached hydrogens (tertiary/aromatic N) is 3. The number of nitrogens with one attached hydrogen (secondary N) is 1. The molecule has 1 aromatic heterocycles. The van der Waals surface area contributed by atoms with E-state index in [1.54, 1.807) is 38.5 Å². The number of aromatic nitrogens is 2. The van der Waals surface area contributed by atoms with Crippen molar-refractivity contribution in [1.29, 1.82) is 0 Å². The topological polar surface area (TPSA) is 116 Å². The summed E-state index contributed by atoms with van der Waals surface area (Å²) in [5.41, 5.74) is 2.15. The minimum absolute atomic E-state index is 0.00694. The minimum Gasteiger partial charge on any atom is -0.493 e. The average molecular weight is 455 g/mol. The maximum absolute atomic E-state index is 12.1. The van der Waals surface area contributed by atoms with E-state index in [9.17, 15) is 14.9 Å². The van der Waals surface area contributed by atoms with E-state index in [-0.39, 0.29) is 17.3 Å². The smallest absolute Gasteiger partial charge is 0.270 e. The summed E-state index contributed by atoms with van der Waals surface area (Å²) in [6, 6.07) is 15.3. The van der Waals surface area contributed by atoms with Crippen LogP contribution in [0.15, 0.2) is 59.6 Å². The van der Waals surface area contributed by atoms with Crippen LogP contribution in [0.4, 0.5) is 5.69 Å². The molecular weight excluding hydrogens is 432 g/mol. The second-order valence-corrected chi connectivity index (χ2v) is 7.64. The van der Waals surface area contributed by atoms with Crippen LogP contribution >= 0.6 is 11.8 Å². The van der Waals surface area contributed by atoms with E-state index in [1.807, 2.05) is 18.2 Å². The summed E-state index contributed by atoms with van der Waals surface area (Å²) in [7, 11) is 3.17. The van der Waals surface area contributed by atoms with Crippen molar-refractivity contribution in [2.24, 2.45) is 0 Å². The zero-order valence-corrected chi connectivity index (χ0v) is 18.4. The lowest BCUT2D eigenvalue weighted by atomic mass is 10.1. The first-order chi connectivity index (χ1) is 15.5. The summed E-state index contributed by atoms with van der Waals surface area (Å²) in [6.45, 7) is 0.492. The van der Waals surface area contributed by atoms with Crippen molar-refractivity contribution in [2.45, 2.75) is 11.4 Å². The van der Waals surface area contributed by atoms with Crippen molar-refractivity contribution in [2.75, 3.05) is 26.5 Å². The van der Waals surface area contributed by atoms with E-state index < -0.39 is 4.92 Å². The summed E-state index contributed by atoms with van der Waals surface area (Å²) in [5, 5.41) is 22.6. The van der Waals surface area contributed by atoms with Crippen molar-refractivity contribution in [1.82, 2.24) is 15.5 Å². The number of amides is 1. The highest BCUT2D eigenvalue weighted by Gasteiger charge is 2.10. The molecule has 0 aliphatic carbocycles. The molecular formula is C22H22N4O5S. The number of benzene rings is 2. The van der Waals surface area contributed by atoms with Gasteiger partial charge in [-0.25, -0.2) is 0 Å². The van der Waals surface area contributed by atoms with Gasteiger partial charge in [-0.3, -0.25) is 14.9 Å². The molecule has 0 aliphatic rings. The average Bonchev–Trinajstić information content (AvgIpc) is 2.83. The molecule has 2 aromatic carbocycles. The number of hydrogen-bond acceptors (Lipinski definition) is 8. The Kier molecular flexibility index (Phi) is 7.98. The summed E-state index contributed by atoms with van der Waals surface area (Å²) in [4.78, 5) is 22.6. The molecule has 3 rings (SSSR count). The minimum atomic E-state index is -0.453. The number of hydrogen-bond donors (Lipinski definition) is 1. The van der Waals surface area contributed by atoms with Gasteiger partial charge >= 0.3 is 0 Å². The molecule has 0 saturated carbocycles. The first-order valence-corrected chi connectivity index (χ1v) is 10.7. The standard InChI is InChI=1S/C22H22N4O5S/c1-30-19-8-6-15(12-20(19)31-2)10-11-23-21(27)14-32-22-9-7-18(24-25-22)16-4-3-5-17(13-16)26(28)29/h3-9,12-13H,10-11,14H2,1-2H3,(H,23,27). The van der Waals surface area contributed by atoms with Gasteiger partial charge in [-0.1, -0.05) is 30.0 Å². The Balaban J connectivity index is 1.47. The van der Waals surface area contributed by atoms with Gasteiger partial charge in [0.05, 0.1) is 30.6 Å². The normalized spacial score (nSPS) is 10.4. The maximum atomic E-state index is 12.1. The van der Waals surface area contributed by atoms with Gasteiger partial charge in [0.25, 0.3) is 5.69 Å². The van der Waals surface area contributed by atoms with E-state index in [2.05, 4.69) is 15.5 Å². The van der Waals surface area contributed by atoms with Gasteiger partial charge < -0.3 is 14.8 Å². The number of rotatable bonds is 10. The van der Waals surface area contributed by atoms with Crippen LogP contribution in [0, 0.1) is 10.1 Å². The van der Waals surface area contributed by atoms with Gasteiger partial charge in [-0.2, -0.15) is 0 Å². The van der Waals surface area contributed by atoms with Crippen LogP contribution in [0.2, 0.25) is 0 Å². The third-order valence-corrected chi connectivity index (χ3v) is 5.45. The Labute approximate surface area is 189 Å². The van der Waals surface area contributed by atoms with Gasteiger partial charge in [0.1, 0.15) is 5.03 Å². The summed E-state index contributed by atoms with van der Waals surface area (Å²) in [6.07, 6.45) is 0.661. The monoisotopic (exact) mass is 454 g/mol. The van der Waals surface area contributed by atoms with E-state index in [1.165, 1.54) is 23.9 Å². The van der Waals surface area contributed by atoms with Gasteiger partial charge in [-0.15, -0.1) is 10.2 Å². The van der Waals surface area contributed by atoms with Crippen molar-refractivity contribution >= 4 is 23.4 Å². The third-order valence-electron chi connectivity index (χ3n) is 4.53. The van der Waals surface area contributed by atoms with Crippen LogP contribution in [0.3, 0.4) is 0 Å². The molecule has 0 fully saturated rings. The highest BCUT2D eigenvalue weighted by Crippen LogP contribution is 2.27. The second-order valence-electron chi connectivity index (χ2n) is 6.64. The lowest BCUT2D eigenvalue weighted by Crippen LogP contribution is -2.27. The Morgan fingerprint density at radius 2 is 1.88 bits per heavy atom. The fourth-order valence-corrected chi connectivity index (χ4v) is 3.55. The molecule has 0 atom stereocenters. The van der Waals surface area contributed by atoms with E-state index in [0.29, 0.717) is 40.7 Å². The van der Waals surface area contributed by atoms with Crippen molar-refractivity contribution in [3.8, 4) is 22.8 Å². The second kappa shape index (κ2) is 11.1. The SMILES string of the molecule is COc1ccc(CCNC(=O)CSc2ccc(-c3cccc([N+](=O)[O-])c3)nn2)cc1OC. The number of nitro groups is 1. The predicted octanol–water partition coefficient (Wildman–Crippen LogP) is 3.52. The summed E-state index contributed by atoms with van der Waals surface area (Å²) >= 11 is 1.27. The van der Waals surface area contributed by atoms with Crippen molar-refractivity contribution in [3.05, 3.63) is 70.3 Å². The summed E-state index contributed by atoms with van der Waals surface area (Å²) < 4.78 is 10.5. The van der Waals surface area contributed by atoms with E-state index in [4.69, 9.17) is 9.47 Å². The molecule has 0 bridgehead atoms. The zero-order chi connectivity index (χ0) is 22.9. The zero-order valence-electron chi connectivity index (χ0n) is 17.6. The number of carbonyl (C=O) groups excluding carboxylic acids is 1. The molecule has 10 heteroatoms. The molecule has 9 nitrogen and oxygen atoms in total. The van der Waals surface area contributed by atoms with Gasteiger partial charge in [0.2, 0.25) is 5.91 Å². The number of ether oxygens (including phenoxy) is 2. The van der Waals surface area contributed by atoms with Crippen LogP contribution in [-0.4, -0.2) is 47.5 Å². The fraction of sp³-hybridized carbons (Fsp3) is 0.227. The lowest BCUT2D eigenvalue weighted by molar-refractivity contribution is -0.384. The number of methoxy groups -OCH3 is 2. The first kappa shape index (κ1) is 23.0. The van der Waals surface area contributed by atoms with Gasteiger partial charge in [0, 0.05) is 24.2 Å². The molecule has 0 spiro atoms. The first-order valence-electron chi connectivity index (χ1n) is 9.69. The van der Waals surface area contributed by atoms with Gasteiger partial charge in [-0.05, 0) is 36.2 Å². The summed E-state index contributed by atoms with van der Waals surface area (Å²) in [5.74, 6) is 1.41. The van der Waals surface area contributed by atoms with E-state index >= 15 is 0 Å². The number of carbonyl (C=O) groups is 1. The fourth-order valence-electron chi connectivity index (χ4n) is 2.90. The largest absolute Gasteiger partial charge is 0.493 e. The Morgan fingerprint density at radius 3 is 2.56 bits per heavy atom. The van der Waals surface area contributed by atoms with Crippen LogP contribution in [-0.2, 0) is 11.2 Å². The molecule has 1 heterocycles. The highest BCUT2D eigenvalue weighted by molar-refractivity contribution is 7.99.